The zero-order valence-electron chi connectivity index (χ0n) is 11.3. The molecule has 0 saturated heterocycles. The number of halogens is 2. The highest BCUT2D eigenvalue weighted by Crippen LogP contribution is 2.11. The van der Waals surface area contributed by atoms with E-state index >= 15 is 0 Å². The lowest BCUT2D eigenvalue weighted by atomic mass is 10.1. The summed E-state index contributed by atoms with van der Waals surface area (Å²) in [4.78, 5) is 11.9. The van der Waals surface area contributed by atoms with Gasteiger partial charge in [-0.1, -0.05) is 23.8 Å². The zero-order chi connectivity index (χ0) is 14.7. The highest BCUT2D eigenvalue weighted by molar-refractivity contribution is 5.94. The van der Waals surface area contributed by atoms with Gasteiger partial charge in [0.15, 0.2) is 0 Å². The molecule has 0 saturated carbocycles. The molecule has 2 rings (SSSR count). The molecule has 2 aromatic carbocycles. The largest absolute Gasteiger partial charge is 0.348 e. The van der Waals surface area contributed by atoms with Crippen LogP contribution in [0.3, 0.4) is 0 Å². The Bertz CT molecular complexity index is 653. The van der Waals surface area contributed by atoms with E-state index in [0.717, 1.165) is 5.56 Å². The van der Waals surface area contributed by atoms with E-state index < -0.39 is 11.7 Å². The van der Waals surface area contributed by atoms with Crippen molar-refractivity contribution in [2.24, 2.45) is 0 Å². The summed E-state index contributed by atoms with van der Waals surface area (Å²) in [7, 11) is 0. The van der Waals surface area contributed by atoms with Gasteiger partial charge in [0.05, 0.1) is 5.56 Å². The molecular formula is C16H15F2NO. The van der Waals surface area contributed by atoms with Gasteiger partial charge in [0.25, 0.3) is 5.91 Å². The first kappa shape index (κ1) is 14.2. The molecule has 0 bridgehead atoms. The van der Waals surface area contributed by atoms with Gasteiger partial charge < -0.3 is 5.32 Å². The van der Waals surface area contributed by atoms with Gasteiger partial charge in [-0.25, -0.2) is 8.78 Å². The summed E-state index contributed by atoms with van der Waals surface area (Å²) < 4.78 is 26.9. The van der Waals surface area contributed by atoms with Crippen LogP contribution in [-0.2, 0) is 6.54 Å². The molecule has 0 aromatic heterocycles. The second-order valence-electron chi connectivity index (χ2n) is 4.75. The van der Waals surface area contributed by atoms with Crippen LogP contribution in [-0.4, -0.2) is 5.91 Å². The third-order valence-electron chi connectivity index (χ3n) is 3.06. The molecule has 104 valence electrons. The molecule has 0 spiro atoms. The second kappa shape index (κ2) is 5.82. The van der Waals surface area contributed by atoms with Crippen LogP contribution in [0, 0.1) is 25.5 Å². The molecule has 0 unspecified atom stereocenters. The van der Waals surface area contributed by atoms with Crippen molar-refractivity contribution in [2.75, 3.05) is 0 Å². The maximum atomic E-state index is 13.5. The Hall–Kier alpha value is -2.23. The summed E-state index contributed by atoms with van der Waals surface area (Å²) in [6, 6.07) is 9.08. The van der Waals surface area contributed by atoms with Crippen molar-refractivity contribution in [3.63, 3.8) is 0 Å². The molecule has 1 N–H and O–H groups in total. The van der Waals surface area contributed by atoms with Crippen LogP contribution >= 0.6 is 0 Å². The average Bonchev–Trinajstić information content (AvgIpc) is 2.42. The lowest BCUT2D eigenvalue weighted by molar-refractivity contribution is 0.0946. The summed E-state index contributed by atoms with van der Waals surface area (Å²) in [6.07, 6.45) is 0. The van der Waals surface area contributed by atoms with Crippen molar-refractivity contribution >= 4 is 5.91 Å². The predicted molar refractivity (Wildman–Crippen MR) is 73.4 cm³/mol. The molecule has 4 heteroatoms. The minimum absolute atomic E-state index is 0.00224. The van der Waals surface area contributed by atoms with Crippen LogP contribution in [0.4, 0.5) is 8.78 Å². The van der Waals surface area contributed by atoms with E-state index in [0.29, 0.717) is 11.1 Å². The van der Waals surface area contributed by atoms with E-state index in [1.165, 1.54) is 18.2 Å². The number of nitrogens with one attached hydrogen (secondary N) is 1. The molecule has 0 atom stereocenters. The monoisotopic (exact) mass is 275 g/mol. The van der Waals surface area contributed by atoms with Crippen LogP contribution in [0.25, 0.3) is 0 Å². The van der Waals surface area contributed by atoms with Gasteiger partial charge in [0, 0.05) is 6.54 Å². The molecule has 0 aliphatic heterocycles. The maximum Gasteiger partial charge on any atom is 0.254 e. The van der Waals surface area contributed by atoms with E-state index in [4.69, 9.17) is 0 Å². The number of carbonyl (C=O) groups is 1. The standard InChI is InChI=1S/C16H15F2NO/c1-10-3-6-14(17)13(7-10)16(20)19-9-12-5-4-11(2)15(18)8-12/h3-8H,9H2,1-2H3,(H,19,20). The van der Waals surface area contributed by atoms with Gasteiger partial charge in [0.1, 0.15) is 11.6 Å². The van der Waals surface area contributed by atoms with Crippen molar-refractivity contribution in [3.8, 4) is 0 Å². The first-order chi connectivity index (χ1) is 9.47. The van der Waals surface area contributed by atoms with E-state index in [1.54, 1.807) is 32.0 Å². The quantitative estimate of drug-likeness (QED) is 0.912. The Kier molecular flexibility index (Phi) is 4.13. The summed E-state index contributed by atoms with van der Waals surface area (Å²) in [5.41, 5.74) is 1.98. The van der Waals surface area contributed by atoms with Gasteiger partial charge in [0.2, 0.25) is 0 Å². The topological polar surface area (TPSA) is 29.1 Å². The first-order valence-corrected chi connectivity index (χ1v) is 6.27. The summed E-state index contributed by atoms with van der Waals surface area (Å²) in [5, 5.41) is 2.58. The van der Waals surface area contributed by atoms with E-state index in [2.05, 4.69) is 5.32 Å². The molecule has 2 aromatic rings. The van der Waals surface area contributed by atoms with Gasteiger partial charge in [-0.15, -0.1) is 0 Å². The van der Waals surface area contributed by atoms with Crippen molar-refractivity contribution in [1.29, 1.82) is 0 Å². The number of benzene rings is 2. The SMILES string of the molecule is Cc1ccc(F)c(C(=O)NCc2ccc(C)c(F)c2)c1. The lowest BCUT2D eigenvalue weighted by Gasteiger charge is -2.08. The molecule has 0 aliphatic carbocycles. The highest BCUT2D eigenvalue weighted by atomic mass is 19.1. The molecular weight excluding hydrogens is 260 g/mol. The number of hydrogen-bond acceptors (Lipinski definition) is 1. The molecule has 0 heterocycles. The molecule has 2 nitrogen and oxygen atoms in total. The minimum atomic E-state index is -0.566. The van der Waals surface area contributed by atoms with Crippen LogP contribution in [0.5, 0.6) is 0 Å². The molecule has 20 heavy (non-hydrogen) atoms. The number of rotatable bonds is 3. The fourth-order valence-electron chi connectivity index (χ4n) is 1.84. The fourth-order valence-corrected chi connectivity index (χ4v) is 1.84. The van der Waals surface area contributed by atoms with E-state index in [1.807, 2.05) is 0 Å². The number of amides is 1. The van der Waals surface area contributed by atoms with Gasteiger partial charge in [-0.2, -0.15) is 0 Å². The van der Waals surface area contributed by atoms with Crippen LogP contribution in [0.2, 0.25) is 0 Å². The van der Waals surface area contributed by atoms with Crippen LogP contribution < -0.4 is 5.32 Å². The summed E-state index contributed by atoms with van der Waals surface area (Å²) in [6.45, 7) is 3.61. The van der Waals surface area contributed by atoms with E-state index in [9.17, 15) is 13.6 Å². The average molecular weight is 275 g/mol. The van der Waals surface area contributed by atoms with Gasteiger partial charge >= 0.3 is 0 Å². The number of carbonyl (C=O) groups excluding carboxylic acids is 1. The summed E-state index contributed by atoms with van der Waals surface area (Å²) >= 11 is 0. The Morgan fingerprint density at radius 2 is 1.80 bits per heavy atom. The normalized spacial score (nSPS) is 10.4. The van der Waals surface area contributed by atoms with Crippen LogP contribution in [0.1, 0.15) is 27.0 Å². The Morgan fingerprint density at radius 1 is 1.05 bits per heavy atom. The Morgan fingerprint density at radius 3 is 2.50 bits per heavy atom. The second-order valence-corrected chi connectivity index (χ2v) is 4.75. The third-order valence-corrected chi connectivity index (χ3v) is 3.06. The first-order valence-electron chi connectivity index (χ1n) is 6.27. The van der Waals surface area contributed by atoms with Crippen molar-refractivity contribution in [3.05, 3.63) is 70.3 Å². The molecule has 0 aliphatic rings. The molecule has 0 fully saturated rings. The third kappa shape index (κ3) is 3.20. The lowest BCUT2D eigenvalue weighted by Crippen LogP contribution is -2.24. The number of hydrogen-bond donors (Lipinski definition) is 1. The van der Waals surface area contributed by atoms with Crippen molar-refractivity contribution in [1.82, 2.24) is 5.32 Å². The molecule has 1 amide bonds. The van der Waals surface area contributed by atoms with Crippen molar-refractivity contribution in [2.45, 2.75) is 20.4 Å². The van der Waals surface area contributed by atoms with Gasteiger partial charge in [-0.05, 0) is 43.2 Å². The molecule has 0 radical (unpaired) electrons. The zero-order valence-corrected chi connectivity index (χ0v) is 11.3. The van der Waals surface area contributed by atoms with E-state index in [-0.39, 0.29) is 17.9 Å². The highest BCUT2D eigenvalue weighted by Gasteiger charge is 2.11. The Balaban J connectivity index is 2.08. The smallest absolute Gasteiger partial charge is 0.254 e. The minimum Gasteiger partial charge on any atom is -0.348 e. The van der Waals surface area contributed by atoms with Gasteiger partial charge in [-0.3, -0.25) is 4.79 Å². The van der Waals surface area contributed by atoms with Crippen LogP contribution in [0.15, 0.2) is 36.4 Å². The van der Waals surface area contributed by atoms with Crippen molar-refractivity contribution < 1.29 is 13.6 Å². The Labute approximate surface area is 116 Å². The number of aryl methyl sites for hydroxylation is 2. The summed E-state index contributed by atoms with van der Waals surface area (Å²) in [5.74, 6) is -1.39. The fraction of sp³-hybridized carbons (Fsp3) is 0.188. The maximum absolute atomic E-state index is 13.5. The predicted octanol–water partition coefficient (Wildman–Crippen LogP) is 3.51.